The zero-order valence-electron chi connectivity index (χ0n) is 38.2. The van der Waals surface area contributed by atoms with Crippen LogP contribution >= 0.6 is 0 Å². The fraction of sp³-hybridized carbons (Fsp3) is 0.321. The van der Waals surface area contributed by atoms with E-state index in [4.69, 9.17) is 9.84 Å². The quantitative estimate of drug-likeness (QED) is 0.132. The summed E-state index contributed by atoms with van der Waals surface area (Å²) in [5.74, 6) is 1.52. The summed E-state index contributed by atoms with van der Waals surface area (Å²) in [5, 5.41) is 5.83. The van der Waals surface area contributed by atoms with Crippen LogP contribution in [0.5, 0.6) is 11.5 Å². The van der Waals surface area contributed by atoms with Gasteiger partial charge in [0.25, 0.3) is 0 Å². The molecule has 0 bridgehead atoms. The molecule has 1 spiro atoms. The minimum Gasteiger partial charge on any atom is -0.458 e. The van der Waals surface area contributed by atoms with Crippen LogP contribution in [0.4, 0.5) is 0 Å². The third kappa shape index (κ3) is 5.79. The van der Waals surface area contributed by atoms with Gasteiger partial charge in [0.05, 0.1) is 46.6 Å². The topological polar surface area (TPSA) is 35.9 Å². The van der Waals surface area contributed by atoms with Crippen molar-refractivity contribution < 1.29 is 9.30 Å². The van der Waals surface area contributed by atoms with E-state index in [2.05, 4.69) is 197 Å². The molecule has 0 saturated carbocycles. The van der Waals surface area contributed by atoms with E-state index in [1.165, 1.54) is 61.2 Å². The van der Waals surface area contributed by atoms with Crippen molar-refractivity contribution in [2.45, 2.75) is 110 Å². The van der Waals surface area contributed by atoms with Crippen LogP contribution in [-0.2, 0) is 34.1 Å². The largest absolute Gasteiger partial charge is 0.458 e. The van der Waals surface area contributed by atoms with Gasteiger partial charge in [-0.25, -0.2) is 4.68 Å². The molecule has 1 aliphatic carbocycles. The van der Waals surface area contributed by atoms with E-state index in [-0.39, 0.29) is 21.7 Å². The lowest BCUT2D eigenvalue weighted by Crippen LogP contribution is -2.38. The standard InChI is InChI=1S/C56H58N4O/c1-52(2,3)35-26-40-41-27-36(53(4,5)6)29-45(55(10,11)12)50(41)56(49(40)44(28-35)54(7,8)9)42-25-24-39(31-48(42)59-33-58(13)47-23-17-21-43(56)51(47)59)61-38-20-16-19-37(30-38)60-46-22-15-14-18-34(46)32-57-60/h14-32H,1-13H3. The van der Waals surface area contributed by atoms with E-state index in [9.17, 15) is 0 Å². The molecular weight excluding hydrogens is 745 g/mol. The van der Waals surface area contributed by atoms with Crippen molar-refractivity contribution in [2.75, 3.05) is 0 Å². The highest BCUT2D eigenvalue weighted by atomic mass is 16.5. The summed E-state index contributed by atoms with van der Waals surface area (Å²) >= 11 is 0. The number of aryl methyl sites for hydroxylation is 1. The number of hydrogen-bond donors (Lipinski definition) is 0. The number of fused-ring (bicyclic) bond motifs is 10. The molecule has 6 aromatic carbocycles. The molecule has 2 aromatic heterocycles. The van der Waals surface area contributed by atoms with Crippen molar-refractivity contribution in [2.24, 2.45) is 7.05 Å². The Bertz CT molecular complexity index is 3030. The maximum absolute atomic E-state index is 6.86. The van der Waals surface area contributed by atoms with Crippen LogP contribution in [0.2, 0.25) is 0 Å². The van der Waals surface area contributed by atoms with Crippen LogP contribution in [0.25, 0.3) is 44.4 Å². The molecule has 0 amide bonds. The zero-order valence-corrected chi connectivity index (χ0v) is 38.2. The second-order valence-corrected chi connectivity index (χ2v) is 21.7. The Kier molecular flexibility index (Phi) is 8.23. The molecule has 0 atom stereocenters. The number of para-hydroxylation sites is 2. The van der Waals surface area contributed by atoms with Crippen LogP contribution in [0.3, 0.4) is 0 Å². The first-order valence-electron chi connectivity index (χ1n) is 21.9. The first-order valence-corrected chi connectivity index (χ1v) is 21.9. The molecule has 8 aromatic rings. The van der Waals surface area contributed by atoms with Crippen molar-refractivity contribution in [3.8, 4) is 34.0 Å². The normalized spacial score (nSPS) is 14.4. The molecule has 5 nitrogen and oxygen atoms in total. The number of benzene rings is 6. The summed E-state index contributed by atoms with van der Waals surface area (Å²) in [6, 6.07) is 40.4. The number of rotatable bonds is 3. The van der Waals surface area contributed by atoms with Crippen molar-refractivity contribution in [3.05, 3.63) is 166 Å². The summed E-state index contributed by atoms with van der Waals surface area (Å²) in [6.45, 7) is 28.5. The van der Waals surface area contributed by atoms with Crippen LogP contribution in [0, 0.1) is 6.33 Å². The van der Waals surface area contributed by atoms with Gasteiger partial charge in [0, 0.05) is 11.5 Å². The highest BCUT2D eigenvalue weighted by Crippen LogP contribution is 2.64. The van der Waals surface area contributed by atoms with Crippen molar-refractivity contribution in [3.63, 3.8) is 0 Å². The third-order valence-corrected chi connectivity index (χ3v) is 13.3. The van der Waals surface area contributed by atoms with Crippen molar-refractivity contribution >= 4 is 21.9 Å². The average molecular weight is 803 g/mol. The van der Waals surface area contributed by atoms with E-state index < -0.39 is 5.41 Å². The number of nitrogens with zero attached hydrogens (tertiary/aromatic N) is 4. The molecule has 0 N–H and O–H groups in total. The Morgan fingerprint density at radius 3 is 1.82 bits per heavy atom. The number of imidazole rings is 1. The lowest BCUT2D eigenvalue weighted by molar-refractivity contribution is -0.649. The number of ether oxygens (including phenoxy) is 1. The molecule has 0 radical (unpaired) electrons. The monoisotopic (exact) mass is 802 g/mol. The average Bonchev–Trinajstić information content (AvgIpc) is 3.86. The number of aromatic nitrogens is 4. The second-order valence-electron chi connectivity index (χ2n) is 21.7. The molecule has 2 aliphatic rings. The summed E-state index contributed by atoms with van der Waals surface area (Å²) in [5.41, 5.74) is 17.9. The van der Waals surface area contributed by atoms with E-state index in [0.29, 0.717) is 0 Å². The van der Waals surface area contributed by atoms with Crippen LogP contribution in [0.15, 0.2) is 115 Å². The Balaban J connectivity index is 1.30. The van der Waals surface area contributed by atoms with Crippen LogP contribution in [0.1, 0.15) is 128 Å². The van der Waals surface area contributed by atoms with Gasteiger partial charge < -0.3 is 13.9 Å². The number of hydrogen-bond acceptors (Lipinski definition) is 2. The minimum atomic E-state index is -0.633. The Morgan fingerprint density at radius 2 is 1.20 bits per heavy atom. The molecule has 3 heterocycles. The molecule has 1 aliphatic heterocycles. The summed E-state index contributed by atoms with van der Waals surface area (Å²) in [4.78, 5) is 0. The molecule has 61 heavy (non-hydrogen) atoms. The second kappa shape index (κ2) is 12.8. The smallest absolute Gasteiger partial charge is 0.244 e. The van der Waals surface area contributed by atoms with Crippen LogP contribution < -0.4 is 9.30 Å². The van der Waals surface area contributed by atoms with Gasteiger partial charge in [0.2, 0.25) is 6.33 Å². The van der Waals surface area contributed by atoms with Gasteiger partial charge >= 0.3 is 0 Å². The molecule has 308 valence electrons. The molecule has 0 fully saturated rings. The van der Waals surface area contributed by atoms with Gasteiger partial charge in [-0.1, -0.05) is 156 Å². The lowest BCUT2D eigenvalue weighted by Gasteiger charge is -2.45. The predicted molar refractivity (Wildman–Crippen MR) is 250 cm³/mol. The molecule has 10 rings (SSSR count). The Hall–Kier alpha value is -5.94. The van der Waals surface area contributed by atoms with E-state index in [1.54, 1.807) is 0 Å². The van der Waals surface area contributed by atoms with Crippen molar-refractivity contribution in [1.29, 1.82) is 0 Å². The molecular formula is C56H58N4O. The zero-order chi connectivity index (χ0) is 43.2. The molecule has 0 saturated heterocycles. The predicted octanol–water partition coefficient (Wildman–Crippen LogP) is 13.3. The van der Waals surface area contributed by atoms with Gasteiger partial charge in [-0.2, -0.15) is 5.10 Å². The third-order valence-electron chi connectivity index (χ3n) is 13.3. The van der Waals surface area contributed by atoms with E-state index in [0.717, 1.165) is 39.3 Å². The Morgan fingerprint density at radius 1 is 0.590 bits per heavy atom. The maximum atomic E-state index is 6.86. The first-order chi connectivity index (χ1) is 28.7. The SMILES string of the molecule is C[n+]1[c-]n2c3c(cccc31)C1(c3ccc(Oc4cccc(-n5ncc6ccccc65)c4)cc3-2)c2c(cc(C(C)(C)C)cc2C(C)(C)C)-c2cc(C(C)(C)C)cc(C(C)(C)C)c21. The summed E-state index contributed by atoms with van der Waals surface area (Å²) in [7, 11) is 2.12. The van der Waals surface area contributed by atoms with Gasteiger partial charge in [-0.05, 0) is 108 Å². The van der Waals surface area contributed by atoms with Crippen LogP contribution in [-0.4, -0.2) is 14.3 Å². The van der Waals surface area contributed by atoms with E-state index in [1.807, 2.05) is 29.1 Å². The first kappa shape index (κ1) is 39.2. The Labute approximate surface area is 361 Å². The van der Waals surface area contributed by atoms with Gasteiger partial charge in [-0.3, -0.25) is 0 Å². The maximum Gasteiger partial charge on any atom is 0.244 e. The minimum absolute atomic E-state index is 0.0462. The molecule has 5 heteroatoms. The van der Waals surface area contributed by atoms with Crippen molar-refractivity contribution in [1.82, 2.24) is 14.3 Å². The highest BCUT2D eigenvalue weighted by molar-refractivity contribution is 5.97. The molecule has 0 unspecified atom stereocenters. The fourth-order valence-electron chi connectivity index (χ4n) is 10.2. The highest BCUT2D eigenvalue weighted by Gasteiger charge is 2.54. The van der Waals surface area contributed by atoms with E-state index >= 15 is 0 Å². The van der Waals surface area contributed by atoms with Gasteiger partial charge in [-0.15, -0.1) is 0 Å². The summed E-state index contributed by atoms with van der Waals surface area (Å²) < 4.78 is 13.3. The van der Waals surface area contributed by atoms with Gasteiger partial charge in [0.15, 0.2) is 0 Å². The lowest BCUT2D eigenvalue weighted by atomic mass is 9.60. The van der Waals surface area contributed by atoms with Gasteiger partial charge in [0.1, 0.15) is 11.5 Å². The summed E-state index contributed by atoms with van der Waals surface area (Å²) in [6.07, 6.45) is 5.67. The fourth-order valence-corrected chi connectivity index (χ4v) is 10.2.